The van der Waals surface area contributed by atoms with Gasteiger partial charge in [-0.25, -0.2) is 4.79 Å². The van der Waals surface area contributed by atoms with Gasteiger partial charge in [-0.1, -0.05) is 31.2 Å². The van der Waals surface area contributed by atoms with E-state index in [1.165, 1.54) is 0 Å². The second-order valence-corrected chi connectivity index (χ2v) is 8.92. The lowest BCUT2D eigenvalue weighted by Crippen LogP contribution is -2.54. The molecule has 0 aromatic heterocycles. The normalized spacial score (nSPS) is 19.8. The number of amides is 1. The standard InChI is InChI=1S/C25H41N3O2/c1-11-13-14-26-20(6)23(22(12-2)18(3)4)21(7)27-15-16-28(19(5)17-27)24(29)30-25(8,9)10/h12-14,19H,3,11,15-17H2,1-2,4-10H3/b14-13+,22-12-,23-21-,26-20+. The van der Waals surface area contributed by atoms with Gasteiger partial charge in [-0.15, -0.1) is 0 Å². The molecule has 1 saturated heterocycles. The highest BCUT2D eigenvalue weighted by Crippen LogP contribution is 2.27. The number of piperazine rings is 1. The van der Waals surface area contributed by atoms with Crippen molar-refractivity contribution in [1.82, 2.24) is 9.80 Å². The van der Waals surface area contributed by atoms with E-state index >= 15 is 0 Å². The molecule has 0 N–H and O–H groups in total. The molecule has 1 aliphatic rings. The molecular weight excluding hydrogens is 374 g/mol. The van der Waals surface area contributed by atoms with Crippen molar-refractivity contribution in [1.29, 1.82) is 0 Å². The minimum absolute atomic E-state index is 0.0564. The second kappa shape index (κ2) is 11.2. The number of aliphatic imine (C=N–C) groups is 1. The topological polar surface area (TPSA) is 45.1 Å². The molecule has 168 valence electrons. The zero-order valence-corrected chi connectivity index (χ0v) is 20.5. The van der Waals surface area contributed by atoms with Gasteiger partial charge in [0.2, 0.25) is 0 Å². The monoisotopic (exact) mass is 415 g/mol. The fourth-order valence-electron chi connectivity index (χ4n) is 3.60. The Labute approximate surface area is 183 Å². The fourth-order valence-corrected chi connectivity index (χ4v) is 3.60. The highest BCUT2D eigenvalue weighted by atomic mass is 16.6. The van der Waals surface area contributed by atoms with E-state index in [-0.39, 0.29) is 12.1 Å². The van der Waals surface area contributed by atoms with Crippen molar-refractivity contribution in [3.05, 3.63) is 47.3 Å². The average Bonchev–Trinajstić information content (AvgIpc) is 2.63. The first-order chi connectivity index (χ1) is 13.9. The number of carbonyl (C=O) groups is 1. The van der Waals surface area contributed by atoms with Crippen LogP contribution in [0.15, 0.2) is 52.3 Å². The van der Waals surface area contributed by atoms with Crippen molar-refractivity contribution < 1.29 is 9.53 Å². The predicted molar refractivity (Wildman–Crippen MR) is 128 cm³/mol. The van der Waals surface area contributed by atoms with Crippen LogP contribution in [-0.4, -0.2) is 52.9 Å². The summed E-state index contributed by atoms with van der Waals surface area (Å²) in [5.41, 5.74) is 4.88. The lowest BCUT2D eigenvalue weighted by Gasteiger charge is -2.42. The molecule has 30 heavy (non-hydrogen) atoms. The van der Waals surface area contributed by atoms with E-state index in [1.807, 2.05) is 58.7 Å². The predicted octanol–water partition coefficient (Wildman–Crippen LogP) is 6.11. The molecule has 1 rings (SSSR count). The van der Waals surface area contributed by atoms with E-state index in [2.05, 4.69) is 43.3 Å². The van der Waals surface area contributed by atoms with Crippen molar-refractivity contribution >= 4 is 11.8 Å². The number of rotatable bonds is 6. The Morgan fingerprint density at radius 1 is 1.23 bits per heavy atom. The van der Waals surface area contributed by atoms with Gasteiger partial charge in [-0.3, -0.25) is 4.99 Å². The first-order valence-corrected chi connectivity index (χ1v) is 10.9. The lowest BCUT2D eigenvalue weighted by molar-refractivity contribution is 0.00495. The largest absolute Gasteiger partial charge is 0.444 e. The van der Waals surface area contributed by atoms with Crippen molar-refractivity contribution in [2.24, 2.45) is 4.99 Å². The molecule has 5 heteroatoms. The number of nitrogens with zero attached hydrogens (tertiary/aromatic N) is 3. The van der Waals surface area contributed by atoms with Crippen LogP contribution >= 0.6 is 0 Å². The Balaban J connectivity index is 3.21. The summed E-state index contributed by atoms with van der Waals surface area (Å²) in [6.07, 6.45) is 6.74. The highest BCUT2D eigenvalue weighted by Gasteiger charge is 2.31. The SMILES string of the molecule is C=C(C)C(=C/C)/C(C(/C)=N/C=C/CC)=C(/C)N1CCN(C(=O)OC(C)(C)C)C(C)C1. The Kier molecular flexibility index (Phi) is 9.60. The number of allylic oxidation sites excluding steroid dienone is 6. The van der Waals surface area contributed by atoms with Crippen molar-refractivity contribution in [3.63, 3.8) is 0 Å². The number of ether oxygens (including phenoxy) is 1. The molecule has 1 aliphatic heterocycles. The van der Waals surface area contributed by atoms with Crippen molar-refractivity contribution in [3.8, 4) is 0 Å². The summed E-state index contributed by atoms with van der Waals surface area (Å²) in [4.78, 5) is 21.4. The molecule has 1 fully saturated rings. The zero-order valence-electron chi connectivity index (χ0n) is 20.5. The molecule has 1 amide bonds. The minimum atomic E-state index is -0.487. The Bertz CT molecular complexity index is 751. The minimum Gasteiger partial charge on any atom is -0.444 e. The van der Waals surface area contributed by atoms with Gasteiger partial charge in [0, 0.05) is 48.9 Å². The van der Waals surface area contributed by atoms with E-state index in [1.54, 1.807) is 0 Å². The van der Waals surface area contributed by atoms with Gasteiger partial charge >= 0.3 is 6.09 Å². The average molecular weight is 416 g/mol. The third kappa shape index (κ3) is 7.19. The van der Waals surface area contributed by atoms with E-state index in [0.717, 1.165) is 47.6 Å². The number of carbonyl (C=O) groups excluding carboxylic acids is 1. The van der Waals surface area contributed by atoms with Gasteiger partial charge in [0.1, 0.15) is 5.60 Å². The molecule has 0 aliphatic carbocycles. The second-order valence-electron chi connectivity index (χ2n) is 8.92. The molecule has 1 heterocycles. The summed E-state index contributed by atoms with van der Waals surface area (Å²) in [6, 6.07) is 0.0564. The Hall–Kier alpha value is -2.30. The van der Waals surface area contributed by atoms with Crippen LogP contribution in [0.3, 0.4) is 0 Å². The molecule has 5 nitrogen and oxygen atoms in total. The van der Waals surface area contributed by atoms with Crippen LogP contribution in [0.1, 0.15) is 68.7 Å². The quantitative estimate of drug-likeness (QED) is 0.388. The Morgan fingerprint density at radius 3 is 2.33 bits per heavy atom. The van der Waals surface area contributed by atoms with E-state index in [9.17, 15) is 4.79 Å². The first-order valence-electron chi connectivity index (χ1n) is 10.9. The smallest absolute Gasteiger partial charge is 0.410 e. The third-order valence-electron chi connectivity index (χ3n) is 5.08. The van der Waals surface area contributed by atoms with Crippen LogP contribution in [-0.2, 0) is 4.74 Å². The maximum atomic E-state index is 12.6. The van der Waals surface area contributed by atoms with Crippen LogP contribution in [0, 0.1) is 0 Å². The summed E-state index contributed by atoms with van der Waals surface area (Å²) >= 11 is 0. The molecular formula is C25H41N3O2. The fraction of sp³-hybridized carbons (Fsp3) is 0.600. The summed E-state index contributed by atoms with van der Waals surface area (Å²) < 4.78 is 5.58. The number of hydrogen-bond acceptors (Lipinski definition) is 4. The molecule has 0 saturated carbocycles. The highest BCUT2D eigenvalue weighted by molar-refractivity contribution is 6.04. The molecule has 0 bridgehead atoms. The van der Waals surface area contributed by atoms with E-state index in [0.29, 0.717) is 6.54 Å². The van der Waals surface area contributed by atoms with Crippen LogP contribution in [0.4, 0.5) is 4.79 Å². The van der Waals surface area contributed by atoms with Crippen molar-refractivity contribution in [2.45, 2.75) is 80.4 Å². The summed E-state index contributed by atoms with van der Waals surface area (Å²) in [5, 5.41) is 0. The summed E-state index contributed by atoms with van der Waals surface area (Å²) in [7, 11) is 0. The summed E-state index contributed by atoms with van der Waals surface area (Å²) in [6.45, 7) is 24.4. The zero-order chi connectivity index (χ0) is 23.1. The summed E-state index contributed by atoms with van der Waals surface area (Å²) in [5.74, 6) is 0. The Morgan fingerprint density at radius 2 is 1.87 bits per heavy atom. The van der Waals surface area contributed by atoms with Crippen LogP contribution in [0.5, 0.6) is 0 Å². The van der Waals surface area contributed by atoms with Gasteiger partial charge in [0.25, 0.3) is 0 Å². The van der Waals surface area contributed by atoms with Crippen LogP contribution in [0.25, 0.3) is 0 Å². The maximum Gasteiger partial charge on any atom is 0.410 e. The van der Waals surface area contributed by atoms with Gasteiger partial charge in [-0.05, 0) is 67.4 Å². The van der Waals surface area contributed by atoms with E-state index in [4.69, 9.17) is 4.74 Å². The maximum absolute atomic E-state index is 12.6. The molecule has 0 aromatic rings. The first kappa shape index (κ1) is 25.7. The van der Waals surface area contributed by atoms with Crippen molar-refractivity contribution in [2.75, 3.05) is 19.6 Å². The van der Waals surface area contributed by atoms with Gasteiger partial charge < -0.3 is 14.5 Å². The van der Waals surface area contributed by atoms with Gasteiger partial charge in [-0.2, -0.15) is 0 Å². The van der Waals surface area contributed by atoms with Crippen LogP contribution in [0.2, 0.25) is 0 Å². The molecule has 0 aromatic carbocycles. The lowest BCUT2D eigenvalue weighted by atomic mass is 9.93. The molecule has 1 atom stereocenters. The molecule has 0 radical (unpaired) electrons. The van der Waals surface area contributed by atoms with E-state index < -0.39 is 5.60 Å². The molecule has 1 unspecified atom stereocenters. The van der Waals surface area contributed by atoms with Gasteiger partial charge in [0.15, 0.2) is 0 Å². The van der Waals surface area contributed by atoms with Crippen LogP contribution < -0.4 is 0 Å². The third-order valence-corrected chi connectivity index (χ3v) is 5.08. The number of hydrogen-bond donors (Lipinski definition) is 0. The molecule has 0 spiro atoms. The van der Waals surface area contributed by atoms with Gasteiger partial charge in [0.05, 0.1) is 0 Å².